The molecule has 1 aromatic heterocycles. The van der Waals surface area contributed by atoms with E-state index in [0.717, 1.165) is 0 Å². The monoisotopic (exact) mass is 384 g/mol. The van der Waals surface area contributed by atoms with Crippen LogP contribution in [0.4, 0.5) is 0 Å². The standard InChI is InChI=1S/C16H14Cl2N2O5/c1-8-5-12(21)15(16(23)25-8)9(2)19-20-14(22)7-24-13-4-3-10(17)6-11(13)18/h3-6,21H,7H2,1-2H3,(H,20,22)/b19-9+. The van der Waals surface area contributed by atoms with Crippen molar-refractivity contribution in [2.45, 2.75) is 13.8 Å². The summed E-state index contributed by atoms with van der Waals surface area (Å²) in [7, 11) is 0. The van der Waals surface area contributed by atoms with Crippen LogP contribution < -0.4 is 15.8 Å². The molecular formula is C16H14Cl2N2O5. The van der Waals surface area contributed by atoms with Crippen molar-refractivity contribution < 1.29 is 19.1 Å². The molecule has 0 spiro atoms. The van der Waals surface area contributed by atoms with Crippen LogP contribution in [0.5, 0.6) is 11.5 Å². The number of carbonyl (C=O) groups is 1. The summed E-state index contributed by atoms with van der Waals surface area (Å²) in [5, 5.41) is 14.3. The number of nitrogens with zero attached hydrogens (tertiary/aromatic N) is 1. The minimum atomic E-state index is -0.753. The first-order valence-corrected chi connectivity index (χ1v) is 7.78. The number of ether oxygens (including phenoxy) is 1. The summed E-state index contributed by atoms with van der Waals surface area (Å²) in [5.41, 5.74) is 1.42. The number of benzene rings is 1. The predicted molar refractivity (Wildman–Crippen MR) is 93.7 cm³/mol. The van der Waals surface area contributed by atoms with Gasteiger partial charge >= 0.3 is 5.63 Å². The maximum Gasteiger partial charge on any atom is 0.348 e. The van der Waals surface area contributed by atoms with Gasteiger partial charge in [0, 0.05) is 11.1 Å². The lowest BCUT2D eigenvalue weighted by atomic mass is 10.2. The van der Waals surface area contributed by atoms with E-state index in [1.807, 2.05) is 0 Å². The van der Waals surface area contributed by atoms with Gasteiger partial charge in [-0.2, -0.15) is 5.10 Å². The van der Waals surface area contributed by atoms with Crippen LogP contribution in [-0.4, -0.2) is 23.3 Å². The number of carbonyl (C=O) groups excluding carboxylic acids is 1. The van der Waals surface area contributed by atoms with Gasteiger partial charge in [-0.25, -0.2) is 10.2 Å². The molecule has 2 N–H and O–H groups in total. The Morgan fingerprint density at radius 3 is 2.72 bits per heavy atom. The second-order valence-electron chi connectivity index (χ2n) is 5.00. The van der Waals surface area contributed by atoms with Gasteiger partial charge in [0.25, 0.3) is 5.91 Å². The molecule has 25 heavy (non-hydrogen) atoms. The third-order valence-electron chi connectivity index (χ3n) is 3.02. The fraction of sp³-hybridized carbons (Fsp3) is 0.188. The van der Waals surface area contributed by atoms with Gasteiger partial charge in [0.15, 0.2) is 6.61 Å². The molecule has 132 valence electrons. The zero-order valence-electron chi connectivity index (χ0n) is 13.3. The molecule has 7 nitrogen and oxygen atoms in total. The fourth-order valence-corrected chi connectivity index (χ4v) is 2.36. The van der Waals surface area contributed by atoms with E-state index in [9.17, 15) is 14.7 Å². The molecule has 0 radical (unpaired) electrons. The van der Waals surface area contributed by atoms with Gasteiger partial charge in [-0.1, -0.05) is 23.2 Å². The minimum absolute atomic E-state index is 0.0872. The molecule has 2 aromatic rings. The molecule has 9 heteroatoms. The highest BCUT2D eigenvalue weighted by atomic mass is 35.5. The van der Waals surface area contributed by atoms with E-state index < -0.39 is 11.5 Å². The Bertz CT molecular complexity index is 893. The SMILES string of the molecule is C/C(=N\NC(=O)COc1ccc(Cl)cc1Cl)c1c(O)cc(C)oc1=O. The highest BCUT2D eigenvalue weighted by Crippen LogP contribution is 2.27. The number of hydrogen-bond acceptors (Lipinski definition) is 6. The van der Waals surface area contributed by atoms with Crippen molar-refractivity contribution in [2.24, 2.45) is 5.10 Å². The van der Waals surface area contributed by atoms with E-state index in [-0.39, 0.29) is 34.4 Å². The molecule has 0 saturated heterocycles. The van der Waals surface area contributed by atoms with Gasteiger partial charge in [0.05, 0.1) is 10.7 Å². The number of hydrazone groups is 1. The lowest BCUT2D eigenvalue weighted by Crippen LogP contribution is -2.26. The molecule has 0 aliphatic carbocycles. The van der Waals surface area contributed by atoms with Crippen molar-refractivity contribution in [1.82, 2.24) is 5.43 Å². The van der Waals surface area contributed by atoms with Gasteiger partial charge in [0.2, 0.25) is 0 Å². The molecule has 0 atom stereocenters. The molecule has 0 bridgehead atoms. The van der Waals surface area contributed by atoms with Crippen LogP contribution >= 0.6 is 23.2 Å². The molecule has 0 aliphatic heterocycles. The smallest absolute Gasteiger partial charge is 0.348 e. The van der Waals surface area contributed by atoms with Gasteiger partial charge < -0.3 is 14.3 Å². The van der Waals surface area contributed by atoms with Crippen molar-refractivity contribution in [3.05, 3.63) is 56.1 Å². The minimum Gasteiger partial charge on any atom is -0.507 e. The zero-order valence-corrected chi connectivity index (χ0v) is 14.8. The second kappa shape index (κ2) is 8.04. The van der Waals surface area contributed by atoms with Crippen LogP contribution in [0.1, 0.15) is 18.2 Å². The highest BCUT2D eigenvalue weighted by molar-refractivity contribution is 6.35. The van der Waals surface area contributed by atoms with E-state index in [1.165, 1.54) is 32.0 Å². The van der Waals surface area contributed by atoms with Crippen molar-refractivity contribution in [1.29, 1.82) is 0 Å². The quantitative estimate of drug-likeness (QED) is 0.609. The third-order valence-corrected chi connectivity index (χ3v) is 3.55. The summed E-state index contributed by atoms with van der Waals surface area (Å²) in [6, 6.07) is 5.87. The number of rotatable bonds is 5. The largest absolute Gasteiger partial charge is 0.507 e. The Kier molecular flexibility index (Phi) is 6.06. The topological polar surface area (TPSA) is 101 Å². The zero-order chi connectivity index (χ0) is 18.6. The first kappa shape index (κ1) is 18.8. The molecule has 0 saturated carbocycles. The van der Waals surface area contributed by atoms with Crippen molar-refractivity contribution in [2.75, 3.05) is 6.61 Å². The first-order valence-electron chi connectivity index (χ1n) is 7.03. The molecule has 1 heterocycles. The summed E-state index contributed by atoms with van der Waals surface area (Å²) in [4.78, 5) is 23.5. The summed E-state index contributed by atoms with van der Waals surface area (Å²) in [6.07, 6.45) is 0. The average molecular weight is 385 g/mol. The van der Waals surface area contributed by atoms with E-state index in [0.29, 0.717) is 10.8 Å². The maximum atomic E-state index is 11.8. The van der Waals surface area contributed by atoms with E-state index >= 15 is 0 Å². The summed E-state index contributed by atoms with van der Waals surface area (Å²) in [5.74, 6) is -0.315. The van der Waals surface area contributed by atoms with Gasteiger partial charge in [-0.3, -0.25) is 4.79 Å². The normalized spacial score (nSPS) is 11.3. The van der Waals surface area contributed by atoms with Crippen LogP contribution in [0.3, 0.4) is 0 Å². The summed E-state index contributed by atoms with van der Waals surface area (Å²) in [6.45, 7) is 2.61. The van der Waals surface area contributed by atoms with Crippen LogP contribution in [-0.2, 0) is 4.79 Å². The second-order valence-corrected chi connectivity index (χ2v) is 5.84. The number of nitrogens with one attached hydrogen (secondary N) is 1. The highest BCUT2D eigenvalue weighted by Gasteiger charge is 2.13. The van der Waals surface area contributed by atoms with Gasteiger partial charge in [-0.05, 0) is 32.0 Å². The predicted octanol–water partition coefficient (Wildman–Crippen LogP) is 2.88. The lowest BCUT2D eigenvalue weighted by molar-refractivity contribution is -0.123. The van der Waals surface area contributed by atoms with Gasteiger partial charge in [0.1, 0.15) is 22.8 Å². The Labute approximate surface area is 152 Å². The number of aryl methyl sites for hydroxylation is 1. The van der Waals surface area contributed by atoms with Crippen LogP contribution in [0, 0.1) is 6.92 Å². The van der Waals surface area contributed by atoms with Gasteiger partial charge in [-0.15, -0.1) is 0 Å². The molecule has 1 amide bonds. The molecule has 2 rings (SSSR count). The molecular weight excluding hydrogens is 371 g/mol. The van der Waals surface area contributed by atoms with Crippen molar-refractivity contribution in [3.63, 3.8) is 0 Å². The maximum absolute atomic E-state index is 11.8. The molecule has 1 aromatic carbocycles. The Morgan fingerprint density at radius 2 is 2.08 bits per heavy atom. The summed E-state index contributed by atoms with van der Waals surface area (Å²) < 4.78 is 10.1. The summed E-state index contributed by atoms with van der Waals surface area (Å²) >= 11 is 11.7. The number of hydrogen-bond donors (Lipinski definition) is 2. The van der Waals surface area contributed by atoms with E-state index in [2.05, 4.69) is 10.5 Å². The Hall–Kier alpha value is -2.51. The fourth-order valence-electron chi connectivity index (χ4n) is 1.90. The molecule has 0 fully saturated rings. The van der Waals surface area contributed by atoms with Crippen LogP contribution in [0.25, 0.3) is 0 Å². The average Bonchev–Trinajstić information content (AvgIpc) is 2.51. The van der Waals surface area contributed by atoms with E-state index in [1.54, 1.807) is 6.07 Å². The Morgan fingerprint density at radius 1 is 1.36 bits per heavy atom. The number of halogens is 2. The van der Waals surface area contributed by atoms with E-state index in [4.69, 9.17) is 32.4 Å². The van der Waals surface area contributed by atoms with Crippen LogP contribution in [0.2, 0.25) is 10.0 Å². The number of aromatic hydroxyl groups is 1. The van der Waals surface area contributed by atoms with Crippen LogP contribution in [0.15, 0.2) is 38.6 Å². The Balaban J connectivity index is 2.01. The third kappa shape index (κ3) is 4.98. The molecule has 0 aliphatic rings. The molecule has 0 unspecified atom stereocenters. The van der Waals surface area contributed by atoms with Crippen molar-refractivity contribution >= 4 is 34.8 Å². The first-order chi connectivity index (χ1) is 11.8. The lowest BCUT2D eigenvalue weighted by Gasteiger charge is -2.08. The number of amides is 1. The van der Waals surface area contributed by atoms with Crippen molar-refractivity contribution in [3.8, 4) is 11.5 Å².